The Balaban J connectivity index is 1.76. The van der Waals surface area contributed by atoms with Crippen LogP contribution in [0.4, 0.5) is 5.69 Å². The third kappa shape index (κ3) is 5.18. The highest BCUT2D eigenvalue weighted by molar-refractivity contribution is 6.32. The lowest BCUT2D eigenvalue weighted by Gasteiger charge is -2.12. The zero-order valence-electron chi connectivity index (χ0n) is 16.8. The van der Waals surface area contributed by atoms with Crippen molar-refractivity contribution in [3.63, 3.8) is 0 Å². The maximum Gasteiger partial charge on any atom is 0.292 e. The van der Waals surface area contributed by atoms with E-state index in [2.05, 4.69) is 15.6 Å². The van der Waals surface area contributed by atoms with Gasteiger partial charge in [-0.1, -0.05) is 36.7 Å². The molecule has 0 bridgehead atoms. The Kier molecular flexibility index (Phi) is 7.45. The van der Waals surface area contributed by atoms with Gasteiger partial charge in [-0.2, -0.15) is 14.9 Å². The maximum atomic E-state index is 12.5. The highest BCUT2D eigenvalue weighted by atomic mass is 35.5. The van der Waals surface area contributed by atoms with Crippen molar-refractivity contribution in [1.82, 2.24) is 9.78 Å². The first-order valence-electron chi connectivity index (χ1n) is 9.66. The van der Waals surface area contributed by atoms with Gasteiger partial charge in [0.05, 0.1) is 31.3 Å². The predicted molar refractivity (Wildman–Crippen MR) is 119 cm³/mol. The summed E-state index contributed by atoms with van der Waals surface area (Å²) in [5.74, 6) is 1.35. The quantitative estimate of drug-likeness (QED) is 0.402. The number of halogens is 1. The maximum absolute atomic E-state index is 12.5. The van der Waals surface area contributed by atoms with Crippen molar-refractivity contribution in [1.29, 1.82) is 0 Å². The number of anilines is 1. The fourth-order valence-electron chi connectivity index (χ4n) is 2.64. The van der Waals surface area contributed by atoms with E-state index in [0.29, 0.717) is 36.1 Å². The van der Waals surface area contributed by atoms with E-state index in [0.717, 1.165) is 12.0 Å². The van der Waals surface area contributed by atoms with Crippen LogP contribution in [0.2, 0.25) is 5.02 Å². The normalized spacial score (nSPS) is 10.9. The lowest BCUT2D eigenvalue weighted by Crippen LogP contribution is -2.22. The van der Waals surface area contributed by atoms with Gasteiger partial charge in [-0.15, -0.1) is 0 Å². The summed E-state index contributed by atoms with van der Waals surface area (Å²) < 4.78 is 12.6. The van der Waals surface area contributed by atoms with Crippen molar-refractivity contribution in [2.75, 3.05) is 18.6 Å². The van der Waals surface area contributed by atoms with Gasteiger partial charge in [0, 0.05) is 0 Å². The van der Waals surface area contributed by atoms with Crippen LogP contribution in [-0.4, -0.2) is 29.2 Å². The van der Waals surface area contributed by atoms with E-state index in [4.69, 9.17) is 21.1 Å². The molecule has 0 aliphatic heterocycles. The minimum atomic E-state index is -0.431. The molecule has 1 heterocycles. The second-order valence-electron chi connectivity index (χ2n) is 6.28. The number of nitrogens with zero attached hydrogens (tertiary/aromatic N) is 3. The van der Waals surface area contributed by atoms with Gasteiger partial charge in [0.1, 0.15) is 10.7 Å². The first-order chi connectivity index (χ1) is 14.6. The molecule has 0 radical (unpaired) electrons. The van der Waals surface area contributed by atoms with Crippen LogP contribution >= 0.6 is 11.6 Å². The molecule has 8 heteroatoms. The fourth-order valence-corrected chi connectivity index (χ4v) is 2.82. The molecule has 7 nitrogen and oxygen atoms in total. The number of ether oxygens (including phenoxy) is 2. The SMILES string of the molecule is CCCOc1ccc(/C=N\Nc2cnn(-c3ccccc3)c(=O)c2Cl)cc1OCC. The molecule has 0 aliphatic carbocycles. The number of hydrogen-bond acceptors (Lipinski definition) is 6. The first-order valence-corrected chi connectivity index (χ1v) is 10.0. The van der Waals surface area contributed by atoms with Crippen LogP contribution in [0.3, 0.4) is 0 Å². The second-order valence-corrected chi connectivity index (χ2v) is 6.66. The van der Waals surface area contributed by atoms with Crippen LogP contribution in [0, 0.1) is 0 Å². The van der Waals surface area contributed by atoms with Crippen molar-refractivity contribution in [3.8, 4) is 17.2 Å². The summed E-state index contributed by atoms with van der Waals surface area (Å²) in [4.78, 5) is 12.5. The smallest absolute Gasteiger partial charge is 0.292 e. The van der Waals surface area contributed by atoms with Crippen LogP contribution in [0.5, 0.6) is 11.5 Å². The Morgan fingerprint density at radius 1 is 1.13 bits per heavy atom. The summed E-state index contributed by atoms with van der Waals surface area (Å²) in [5, 5.41) is 8.33. The molecule has 0 saturated heterocycles. The Morgan fingerprint density at radius 3 is 2.67 bits per heavy atom. The van der Waals surface area contributed by atoms with Gasteiger partial charge in [0.2, 0.25) is 0 Å². The molecule has 0 fully saturated rings. The third-order valence-corrected chi connectivity index (χ3v) is 4.41. The molecule has 156 valence electrons. The average Bonchev–Trinajstić information content (AvgIpc) is 2.77. The van der Waals surface area contributed by atoms with Gasteiger partial charge in [-0.05, 0) is 49.2 Å². The number of nitrogens with one attached hydrogen (secondary N) is 1. The Bertz CT molecular complexity index is 1070. The van der Waals surface area contributed by atoms with Gasteiger partial charge in [0.15, 0.2) is 11.5 Å². The zero-order chi connectivity index (χ0) is 21.3. The Labute approximate surface area is 179 Å². The number of aromatic nitrogens is 2. The van der Waals surface area contributed by atoms with Crippen LogP contribution < -0.4 is 20.5 Å². The van der Waals surface area contributed by atoms with Gasteiger partial charge in [-0.3, -0.25) is 10.2 Å². The molecule has 1 aromatic heterocycles. The number of para-hydroxylation sites is 1. The molecule has 0 unspecified atom stereocenters. The fraction of sp³-hybridized carbons (Fsp3) is 0.227. The highest BCUT2D eigenvalue weighted by Gasteiger charge is 2.10. The van der Waals surface area contributed by atoms with Crippen LogP contribution in [0.1, 0.15) is 25.8 Å². The van der Waals surface area contributed by atoms with Gasteiger partial charge in [0.25, 0.3) is 5.56 Å². The zero-order valence-corrected chi connectivity index (χ0v) is 17.6. The standard InChI is InChI=1S/C22H23ClN4O3/c1-3-12-30-19-11-10-16(13-20(19)29-4-2)14-24-26-18-15-25-27(22(28)21(18)23)17-8-6-5-7-9-17/h5-11,13-15,26H,3-4,12H2,1-2H3/b24-14-. The minimum absolute atomic E-state index is 0.00400. The van der Waals surface area contributed by atoms with E-state index < -0.39 is 5.56 Å². The molecular weight excluding hydrogens is 404 g/mol. The van der Waals surface area contributed by atoms with Crippen molar-refractivity contribution < 1.29 is 9.47 Å². The second kappa shape index (κ2) is 10.5. The minimum Gasteiger partial charge on any atom is -0.490 e. The molecule has 3 aromatic rings. The monoisotopic (exact) mass is 426 g/mol. The van der Waals surface area contributed by atoms with Crippen LogP contribution in [0.25, 0.3) is 5.69 Å². The van der Waals surface area contributed by atoms with E-state index in [1.807, 2.05) is 50.2 Å². The van der Waals surface area contributed by atoms with Crippen molar-refractivity contribution in [2.24, 2.45) is 5.10 Å². The summed E-state index contributed by atoms with van der Waals surface area (Å²) >= 11 is 6.22. The molecule has 0 saturated carbocycles. The molecule has 2 aromatic carbocycles. The summed E-state index contributed by atoms with van der Waals surface area (Å²) in [6, 6.07) is 14.6. The van der Waals surface area contributed by atoms with E-state index in [1.54, 1.807) is 18.3 Å². The highest BCUT2D eigenvalue weighted by Crippen LogP contribution is 2.28. The molecule has 1 N–H and O–H groups in total. The molecule has 30 heavy (non-hydrogen) atoms. The Morgan fingerprint density at radius 2 is 1.93 bits per heavy atom. The average molecular weight is 427 g/mol. The van der Waals surface area contributed by atoms with E-state index >= 15 is 0 Å². The van der Waals surface area contributed by atoms with Gasteiger partial charge in [-0.25, -0.2) is 0 Å². The topological polar surface area (TPSA) is 77.7 Å². The number of hydrogen-bond donors (Lipinski definition) is 1. The van der Waals surface area contributed by atoms with E-state index in [9.17, 15) is 4.79 Å². The van der Waals surface area contributed by atoms with E-state index in [-0.39, 0.29) is 5.02 Å². The Hall–Kier alpha value is -3.32. The van der Waals surface area contributed by atoms with Crippen LogP contribution in [-0.2, 0) is 0 Å². The number of hydrazone groups is 1. The third-order valence-electron chi connectivity index (χ3n) is 4.05. The summed E-state index contributed by atoms with van der Waals surface area (Å²) in [6.45, 7) is 5.11. The lowest BCUT2D eigenvalue weighted by molar-refractivity contribution is 0.277. The van der Waals surface area contributed by atoms with E-state index in [1.165, 1.54) is 10.9 Å². The molecular formula is C22H23ClN4O3. The predicted octanol–water partition coefficient (Wildman–Crippen LogP) is 4.52. The van der Waals surface area contributed by atoms with Crippen molar-refractivity contribution in [3.05, 3.63) is 75.7 Å². The first kappa shape index (κ1) is 21.4. The summed E-state index contributed by atoms with van der Waals surface area (Å²) in [6.07, 6.45) is 3.98. The molecule has 0 aliphatic rings. The van der Waals surface area contributed by atoms with Gasteiger partial charge >= 0.3 is 0 Å². The lowest BCUT2D eigenvalue weighted by atomic mass is 10.2. The molecule has 3 rings (SSSR count). The van der Waals surface area contributed by atoms with Crippen LogP contribution in [0.15, 0.2) is 64.6 Å². The van der Waals surface area contributed by atoms with Gasteiger partial charge < -0.3 is 9.47 Å². The number of rotatable bonds is 9. The molecule has 0 amide bonds. The molecule has 0 atom stereocenters. The summed E-state index contributed by atoms with van der Waals surface area (Å²) in [5.41, 5.74) is 4.09. The number of benzene rings is 2. The van der Waals surface area contributed by atoms with Crippen molar-refractivity contribution in [2.45, 2.75) is 20.3 Å². The van der Waals surface area contributed by atoms with Crippen molar-refractivity contribution >= 4 is 23.5 Å². The molecule has 0 spiro atoms. The summed E-state index contributed by atoms with van der Waals surface area (Å²) in [7, 11) is 0. The largest absolute Gasteiger partial charge is 0.490 e.